The van der Waals surface area contributed by atoms with Crippen LogP contribution in [0.3, 0.4) is 0 Å². The van der Waals surface area contributed by atoms with Gasteiger partial charge in [0.25, 0.3) is 0 Å². The van der Waals surface area contributed by atoms with Crippen molar-refractivity contribution in [3.63, 3.8) is 0 Å². The lowest BCUT2D eigenvalue weighted by Crippen LogP contribution is -2.49. The van der Waals surface area contributed by atoms with Gasteiger partial charge in [-0.1, -0.05) is 11.6 Å². The van der Waals surface area contributed by atoms with Crippen LogP contribution in [0.1, 0.15) is 19.3 Å². The Morgan fingerprint density at radius 1 is 1.50 bits per heavy atom. The predicted octanol–water partition coefficient (Wildman–Crippen LogP) is 1.33. The van der Waals surface area contributed by atoms with Crippen molar-refractivity contribution in [3.05, 3.63) is 23.5 Å². The van der Waals surface area contributed by atoms with Gasteiger partial charge < -0.3 is 5.11 Å². The van der Waals surface area contributed by atoms with Gasteiger partial charge in [0.15, 0.2) is 5.15 Å². The van der Waals surface area contributed by atoms with Crippen molar-refractivity contribution in [3.8, 4) is 0 Å². The molecule has 2 N–H and O–H groups in total. The zero-order valence-electron chi connectivity index (χ0n) is 10.5. The van der Waals surface area contributed by atoms with Crippen molar-refractivity contribution in [2.45, 2.75) is 25.3 Å². The quantitative estimate of drug-likeness (QED) is 0.816. The molecule has 1 saturated heterocycles. The normalized spacial score (nSPS) is 20.6. The van der Waals surface area contributed by atoms with Gasteiger partial charge in [-0.15, -0.1) is 0 Å². The lowest BCUT2D eigenvalue weighted by atomic mass is 10.1. The monoisotopic (exact) mass is 319 g/mol. The standard InChI is InChI=1S/C11H14ClN3O4S/c12-10-8(4-3-6-13-10)14-20(18,19)15-7-2-1-5-9(15)11(16)17/h3-4,6,9,14H,1-2,5,7H2,(H,16,17). The molecule has 2 heterocycles. The number of hydrogen-bond donors (Lipinski definition) is 2. The topological polar surface area (TPSA) is 99.6 Å². The highest BCUT2D eigenvalue weighted by atomic mass is 35.5. The van der Waals surface area contributed by atoms with Gasteiger partial charge in [0.2, 0.25) is 0 Å². The fraction of sp³-hybridized carbons (Fsp3) is 0.455. The summed E-state index contributed by atoms with van der Waals surface area (Å²) in [7, 11) is -3.98. The van der Waals surface area contributed by atoms with Crippen molar-refractivity contribution >= 4 is 33.5 Å². The van der Waals surface area contributed by atoms with E-state index in [1.54, 1.807) is 0 Å². The molecule has 1 atom stereocenters. The lowest BCUT2D eigenvalue weighted by molar-refractivity contribution is -0.142. The number of aromatic nitrogens is 1. The van der Waals surface area contributed by atoms with Crippen LogP contribution in [-0.2, 0) is 15.0 Å². The van der Waals surface area contributed by atoms with Gasteiger partial charge in [-0.3, -0.25) is 9.52 Å². The molecule has 0 bridgehead atoms. The molecular weight excluding hydrogens is 306 g/mol. The van der Waals surface area contributed by atoms with Gasteiger partial charge in [-0.2, -0.15) is 12.7 Å². The van der Waals surface area contributed by atoms with Crippen LogP contribution in [0.5, 0.6) is 0 Å². The van der Waals surface area contributed by atoms with E-state index in [9.17, 15) is 13.2 Å². The summed E-state index contributed by atoms with van der Waals surface area (Å²) in [5.41, 5.74) is 0.129. The van der Waals surface area contributed by atoms with Gasteiger partial charge in [-0.25, -0.2) is 4.98 Å². The van der Waals surface area contributed by atoms with Crippen LogP contribution in [-0.4, -0.2) is 41.4 Å². The second kappa shape index (κ2) is 5.94. The Hall–Kier alpha value is -1.38. The first-order valence-electron chi connectivity index (χ1n) is 6.05. The molecule has 1 unspecified atom stereocenters. The van der Waals surface area contributed by atoms with E-state index < -0.39 is 22.2 Å². The fourth-order valence-corrected chi connectivity index (χ4v) is 3.78. The van der Waals surface area contributed by atoms with Crippen molar-refractivity contribution in [1.82, 2.24) is 9.29 Å². The molecule has 1 aliphatic rings. The molecule has 110 valence electrons. The maximum Gasteiger partial charge on any atom is 0.322 e. The molecule has 0 aliphatic carbocycles. The molecular formula is C11H14ClN3O4S. The molecule has 0 spiro atoms. The molecule has 0 radical (unpaired) electrons. The molecule has 2 rings (SSSR count). The number of halogens is 1. The van der Waals surface area contributed by atoms with Crippen LogP contribution in [0.15, 0.2) is 18.3 Å². The zero-order chi connectivity index (χ0) is 14.8. The highest BCUT2D eigenvalue weighted by molar-refractivity contribution is 7.90. The summed E-state index contributed by atoms with van der Waals surface area (Å²) in [6.07, 6.45) is 3.06. The maximum atomic E-state index is 12.3. The van der Waals surface area contributed by atoms with E-state index >= 15 is 0 Å². The number of aliphatic carboxylic acids is 1. The van der Waals surface area contributed by atoms with E-state index in [0.29, 0.717) is 19.3 Å². The number of hydrogen-bond acceptors (Lipinski definition) is 4. The SMILES string of the molecule is O=C(O)C1CCCCN1S(=O)(=O)Nc1cccnc1Cl. The summed E-state index contributed by atoms with van der Waals surface area (Å²) in [6.45, 7) is 0.171. The third kappa shape index (κ3) is 3.20. The van der Waals surface area contributed by atoms with Crippen LogP contribution in [0.25, 0.3) is 0 Å². The minimum atomic E-state index is -3.98. The molecule has 1 fully saturated rings. The highest BCUT2D eigenvalue weighted by Crippen LogP contribution is 2.24. The fourth-order valence-electron chi connectivity index (χ4n) is 2.10. The lowest BCUT2D eigenvalue weighted by Gasteiger charge is -2.31. The summed E-state index contributed by atoms with van der Waals surface area (Å²) in [5, 5.41) is 9.13. The first-order chi connectivity index (χ1) is 9.42. The van der Waals surface area contributed by atoms with Crippen LogP contribution in [0, 0.1) is 0 Å². The number of anilines is 1. The summed E-state index contributed by atoms with van der Waals surface area (Å²) in [5.74, 6) is -1.15. The Labute approximate surface area is 121 Å². The van der Waals surface area contributed by atoms with Crippen molar-refractivity contribution in [1.29, 1.82) is 0 Å². The number of pyridine rings is 1. The third-order valence-corrected chi connectivity index (χ3v) is 4.88. The average molecular weight is 320 g/mol. The van der Waals surface area contributed by atoms with Crippen LogP contribution in [0.2, 0.25) is 5.15 Å². The van der Waals surface area contributed by atoms with Crippen LogP contribution >= 0.6 is 11.6 Å². The molecule has 0 saturated carbocycles. The Morgan fingerprint density at radius 2 is 2.25 bits per heavy atom. The number of rotatable bonds is 4. The Kier molecular flexibility index (Phi) is 4.46. The highest BCUT2D eigenvalue weighted by Gasteiger charge is 2.37. The molecule has 0 aromatic carbocycles. The number of piperidine rings is 1. The number of carboxylic acids is 1. The Morgan fingerprint density at radius 3 is 2.90 bits per heavy atom. The average Bonchev–Trinajstić information content (AvgIpc) is 2.41. The molecule has 0 amide bonds. The molecule has 1 aromatic rings. The van der Waals surface area contributed by atoms with Gasteiger partial charge in [0.1, 0.15) is 6.04 Å². The zero-order valence-corrected chi connectivity index (χ0v) is 12.1. The van der Waals surface area contributed by atoms with E-state index in [0.717, 1.165) is 4.31 Å². The van der Waals surface area contributed by atoms with Crippen molar-refractivity contribution in [2.24, 2.45) is 0 Å². The van der Waals surface area contributed by atoms with E-state index in [1.165, 1.54) is 18.3 Å². The predicted molar refractivity (Wildman–Crippen MR) is 73.8 cm³/mol. The summed E-state index contributed by atoms with van der Waals surface area (Å²) in [6, 6.07) is 1.96. The first-order valence-corrected chi connectivity index (χ1v) is 7.86. The third-order valence-electron chi connectivity index (χ3n) is 3.05. The molecule has 1 aromatic heterocycles. The van der Waals surface area contributed by atoms with Gasteiger partial charge in [0.05, 0.1) is 5.69 Å². The molecule has 20 heavy (non-hydrogen) atoms. The molecule has 1 aliphatic heterocycles. The second-order valence-corrected chi connectivity index (χ2v) is 6.39. The summed E-state index contributed by atoms with van der Waals surface area (Å²) >= 11 is 5.80. The van der Waals surface area contributed by atoms with Gasteiger partial charge in [0, 0.05) is 12.7 Å². The van der Waals surface area contributed by atoms with Crippen molar-refractivity contribution in [2.75, 3.05) is 11.3 Å². The van der Waals surface area contributed by atoms with E-state index in [2.05, 4.69) is 9.71 Å². The number of nitrogens with one attached hydrogen (secondary N) is 1. The summed E-state index contributed by atoms with van der Waals surface area (Å²) in [4.78, 5) is 14.9. The molecule has 9 heteroatoms. The number of nitrogens with zero attached hydrogens (tertiary/aromatic N) is 2. The largest absolute Gasteiger partial charge is 0.480 e. The van der Waals surface area contributed by atoms with E-state index in [-0.39, 0.29) is 17.4 Å². The van der Waals surface area contributed by atoms with Crippen LogP contribution < -0.4 is 4.72 Å². The number of carbonyl (C=O) groups is 1. The van der Waals surface area contributed by atoms with Crippen molar-refractivity contribution < 1.29 is 18.3 Å². The van der Waals surface area contributed by atoms with Gasteiger partial charge in [-0.05, 0) is 31.4 Å². The molecule has 7 nitrogen and oxygen atoms in total. The van der Waals surface area contributed by atoms with Gasteiger partial charge >= 0.3 is 16.2 Å². The first kappa shape index (κ1) is 15.0. The minimum Gasteiger partial charge on any atom is -0.480 e. The minimum absolute atomic E-state index is 0.0139. The maximum absolute atomic E-state index is 12.3. The number of carboxylic acid groups (broad SMARTS) is 1. The Balaban J connectivity index is 2.25. The van der Waals surface area contributed by atoms with E-state index in [4.69, 9.17) is 16.7 Å². The smallest absolute Gasteiger partial charge is 0.322 e. The second-order valence-electron chi connectivity index (χ2n) is 4.41. The Bertz CT molecular complexity index is 607. The summed E-state index contributed by atoms with van der Waals surface area (Å²) < 4.78 is 27.8. The van der Waals surface area contributed by atoms with Crippen LogP contribution in [0.4, 0.5) is 5.69 Å². The van der Waals surface area contributed by atoms with E-state index in [1.807, 2.05) is 0 Å².